The van der Waals surface area contributed by atoms with Crippen LogP contribution in [-0.4, -0.2) is 42.2 Å². The van der Waals surface area contributed by atoms with Crippen LogP contribution in [-0.2, 0) is 11.2 Å². The molecule has 1 aliphatic heterocycles. The summed E-state index contributed by atoms with van der Waals surface area (Å²) in [5, 5.41) is 14.9. The highest BCUT2D eigenvalue weighted by Gasteiger charge is 2.14. The molecule has 0 bridgehead atoms. The SMILES string of the molecule is O=C(O)CCc1csc(N2CCNCC2)n1. The standard InChI is InChI=1S/C10H15N3O2S/c14-9(15)2-1-8-7-16-10(12-8)13-5-3-11-4-6-13/h7,11H,1-6H2,(H,14,15). The first-order chi connectivity index (χ1) is 7.75. The second-order valence-corrected chi connectivity index (χ2v) is 4.59. The number of rotatable bonds is 4. The number of nitrogens with one attached hydrogen (secondary N) is 1. The highest BCUT2D eigenvalue weighted by Crippen LogP contribution is 2.21. The summed E-state index contributed by atoms with van der Waals surface area (Å²) in [6.07, 6.45) is 0.683. The molecule has 16 heavy (non-hydrogen) atoms. The van der Waals surface area contributed by atoms with Crippen LogP contribution in [0.2, 0.25) is 0 Å². The summed E-state index contributed by atoms with van der Waals surface area (Å²) in [5.41, 5.74) is 0.890. The van der Waals surface area contributed by atoms with Gasteiger partial charge >= 0.3 is 5.97 Å². The van der Waals surface area contributed by atoms with E-state index in [4.69, 9.17) is 5.11 Å². The number of hydrogen-bond donors (Lipinski definition) is 2. The molecule has 1 aromatic heterocycles. The molecule has 1 fully saturated rings. The van der Waals surface area contributed by atoms with E-state index in [-0.39, 0.29) is 6.42 Å². The van der Waals surface area contributed by atoms with E-state index in [2.05, 4.69) is 15.2 Å². The van der Waals surface area contributed by atoms with Crippen LogP contribution in [0, 0.1) is 0 Å². The van der Waals surface area contributed by atoms with E-state index in [0.29, 0.717) is 6.42 Å². The summed E-state index contributed by atoms with van der Waals surface area (Å²) in [6.45, 7) is 3.94. The van der Waals surface area contributed by atoms with Crippen LogP contribution in [0.5, 0.6) is 0 Å². The number of aliphatic carboxylic acids is 1. The summed E-state index contributed by atoms with van der Waals surface area (Å²) < 4.78 is 0. The highest BCUT2D eigenvalue weighted by atomic mass is 32.1. The van der Waals surface area contributed by atoms with Crippen molar-refractivity contribution in [2.75, 3.05) is 31.1 Å². The molecule has 0 spiro atoms. The lowest BCUT2D eigenvalue weighted by Gasteiger charge is -2.26. The lowest BCUT2D eigenvalue weighted by molar-refractivity contribution is -0.136. The second-order valence-electron chi connectivity index (χ2n) is 3.75. The van der Waals surface area contributed by atoms with Crippen LogP contribution in [0.4, 0.5) is 5.13 Å². The molecular weight excluding hydrogens is 226 g/mol. The molecule has 88 valence electrons. The summed E-state index contributed by atoms with van der Waals surface area (Å²) in [6, 6.07) is 0. The van der Waals surface area contributed by atoms with Gasteiger partial charge in [-0.3, -0.25) is 4.79 Å². The molecule has 2 heterocycles. The number of thiazole rings is 1. The second kappa shape index (κ2) is 5.27. The first-order valence-electron chi connectivity index (χ1n) is 5.37. The molecule has 5 nitrogen and oxygen atoms in total. The Labute approximate surface area is 98.1 Å². The number of piperazine rings is 1. The summed E-state index contributed by atoms with van der Waals surface area (Å²) >= 11 is 1.60. The maximum absolute atomic E-state index is 10.4. The van der Waals surface area contributed by atoms with Gasteiger partial charge in [-0.2, -0.15) is 0 Å². The Kier molecular flexibility index (Phi) is 3.74. The third-order valence-corrected chi connectivity index (χ3v) is 3.47. The van der Waals surface area contributed by atoms with E-state index in [1.807, 2.05) is 5.38 Å². The fourth-order valence-corrected chi connectivity index (χ4v) is 2.56. The van der Waals surface area contributed by atoms with Gasteiger partial charge in [-0.05, 0) is 0 Å². The third kappa shape index (κ3) is 2.93. The van der Waals surface area contributed by atoms with E-state index >= 15 is 0 Å². The lowest BCUT2D eigenvalue weighted by atomic mass is 10.2. The number of nitrogens with zero attached hydrogens (tertiary/aromatic N) is 2. The van der Waals surface area contributed by atoms with E-state index in [1.165, 1.54) is 0 Å². The average Bonchev–Trinajstić information content (AvgIpc) is 2.76. The molecule has 0 amide bonds. The molecule has 2 rings (SSSR count). The maximum atomic E-state index is 10.4. The van der Waals surface area contributed by atoms with Gasteiger partial charge in [-0.1, -0.05) is 0 Å². The Morgan fingerprint density at radius 3 is 3.00 bits per heavy atom. The Hall–Kier alpha value is -1.14. The molecule has 1 saturated heterocycles. The lowest BCUT2D eigenvalue weighted by Crippen LogP contribution is -2.43. The topological polar surface area (TPSA) is 65.5 Å². The van der Waals surface area contributed by atoms with Crippen molar-refractivity contribution in [1.29, 1.82) is 0 Å². The van der Waals surface area contributed by atoms with Gasteiger partial charge in [0.2, 0.25) is 0 Å². The van der Waals surface area contributed by atoms with Crippen LogP contribution in [0.25, 0.3) is 0 Å². The van der Waals surface area contributed by atoms with Gasteiger partial charge in [-0.15, -0.1) is 11.3 Å². The minimum Gasteiger partial charge on any atom is -0.481 e. The number of anilines is 1. The van der Waals surface area contributed by atoms with Crippen LogP contribution in [0.3, 0.4) is 0 Å². The van der Waals surface area contributed by atoms with Gasteiger partial charge in [0.15, 0.2) is 5.13 Å². The monoisotopic (exact) mass is 241 g/mol. The highest BCUT2D eigenvalue weighted by molar-refractivity contribution is 7.13. The fraction of sp³-hybridized carbons (Fsp3) is 0.600. The minimum atomic E-state index is -0.767. The molecule has 6 heteroatoms. The molecule has 0 atom stereocenters. The van der Waals surface area contributed by atoms with Gasteiger partial charge in [-0.25, -0.2) is 4.98 Å². The van der Waals surface area contributed by atoms with Crippen molar-refractivity contribution in [1.82, 2.24) is 10.3 Å². The van der Waals surface area contributed by atoms with Gasteiger partial charge < -0.3 is 15.3 Å². The number of carboxylic acids is 1. The summed E-state index contributed by atoms with van der Waals surface area (Å²) in [5.74, 6) is -0.767. The number of carboxylic acid groups (broad SMARTS) is 1. The first-order valence-corrected chi connectivity index (χ1v) is 6.25. The van der Waals surface area contributed by atoms with Crippen molar-refractivity contribution in [3.05, 3.63) is 11.1 Å². The van der Waals surface area contributed by atoms with E-state index in [1.54, 1.807) is 11.3 Å². The van der Waals surface area contributed by atoms with Crippen LogP contribution in [0.1, 0.15) is 12.1 Å². The maximum Gasteiger partial charge on any atom is 0.303 e. The van der Waals surface area contributed by atoms with Crippen LogP contribution in [0.15, 0.2) is 5.38 Å². The van der Waals surface area contributed by atoms with Gasteiger partial charge in [0.25, 0.3) is 0 Å². The molecule has 0 aliphatic carbocycles. The van der Waals surface area contributed by atoms with E-state index < -0.39 is 5.97 Å². The molecule has 0 aromatic carbocycles. The molecular formula is C10H15N3O2S. The predicted molar refractivity (Wildman–Crippen MR) is 63.2 cm³/mol. The fourth-order valence-electron chi connectivity index (χ4n) is 1.65. The quantitative estimate of drug-likeness (QED) is 0.807. The first kappa shape index (κ1) is 11.3. The zero-order valence-electron chi connectivity index (χ0n) is 8.98. The van der Waals surface area contributed by atoms with Gasteiger partial charge in [0, 0.05) is 38.0 Å². The normalized spacial score (nSPS) is 16.4. The van der Waals surface area contributed by atoms with E-state index in [0.717, 1.165) is 37.0 Å². The van der Waals surface area contributed by atoms with Crippen LogP contribution < -0.4 is 10.2 Å². The summed E-state index contributed by atoms with van der Waals surface area (Å²) in [4.78, 5) is 17.1. The molecule has 0 saturated carbocycles. The number of carbonyl (C=O) groups is 1. The van der Waals surface area contributed by atoms with Gasteiger partial charge in [0.05, 0.1) is 12.1 Å². The predicted octanol–water partition coefficient (Wildman–Crippen LogP) is 0.570. The van der Waals surface area contributed by atoms with Gasteiger partial charge in [0.1, 0.15) is 0 Å². The number of aryl methyl sites for hydroxylation is 1. The zero-order valence-corrected chi connectivity index (χ0v) is 9.79. The molecule has 2 N–H and O–H groups in total. The number of aromatic nitrogens is 1. The average molecular weight is 241 g/mol. The Morgan fingerprint density at radius 2 is 2.31 bits per heavy atom. The van der Waals surface area contributed by atoms with E-state index in [9.17, 15) is 4.79 Å². The van der Waals surface area contributed by atoms with Crippen molar-refractivity contribution < 1.29 is 9.90 Å². The Balaban J connectivity index is 1.93. The summed E-state index contributed by atoms with van der Waals surface area (Å²) in [7, 11) is 0. The third-order valence-electron chi connectivity index (χ3n) is 2.52. The van der Waals surface area contributed by atoms with Crippen molar-refractivity contribution in [2.24, 2.45) is 0 Å². The van der Waals surface area contributed by atoms with Crippen molar-refractivity contribution in [3.8, 4) is 0 Å². The molecule has 1 aromatic rings. The molecule has 0 unspecified atom stereocenters. The number of hydrogen-bond acceptors (Lipinski definition) is 5. The van der Waals surface area contributed by atoms with Crippen molar-refractivity contribution in [2.45, 2.75) is 12.8 Å². The van der Waals surface area contributed by atoms with Crippen molar-refractivity contribution in [3.63, 3.8) is 0 Å². The molecule has 0 radical (unpaired) electrons. The Morgan fingerprint density at radius 1 is 1.56 bits per heavy atom. The largest absolute Gasteiger partial charge is 0.481 e. The zero-order chi connectivity index (χ0) is 11.4. The van der Waals surface area contributed by atoms with Crippen LogP contribution >= 0.6 is 11.3 Å². The molecule has 1 aliphatic rings. The van der Waals surface area contributed by atoms with Crippen molar-refractivity contribution >= 4 is 22.4 Å². The smallest absolute Gasteiger partial charge is 0.303 e. The Bertz CT molecular complexity index is 361. The minimum absolute atomic E-state index is 0.157.